The molecule has 1 heterocycles. The van der Waals surface area contributed by atoms with Crippen LogP contribution in [0.4, 0.5) is 0 Å². The monoisotopic (exact) mass is 442 g/mol. The predicted molar refractivity (Wildman–Crippen MR) is 118 cm³/mol. The van der Waals surface area contributed by atoms with Crippen molar-refractivity contribution >= 4 is 23.4 Å². The maximum absolute atomic E-state index is 12.8. The van der Waals surface area contributed by atoms with Crippen LogP contribution in [0.25, 0.3) is 0 Å². The van der Waals surface area contributed by atoms with Crippen LogP contribution < -0.4 is 5.32 Å². The van der Waals surface area contributed by atoms with Gasteiger partial charge in [0, 0.05) is 36.6 Å². The Kier molecular flexibility index (Phi) is 6.37. The number of nitrogens with zero attached hydrogens (tertiary/aromatic N) is 1. The Morgan fingerprint density at radius 1 is 1.06 bits per heavy atom. The van der Waals surface area contributed by atoms with Crippen LogP contribution in [0.2, 0.25) is 5.02 Å². The molecule has 2 aromatic carbocycles. The van der Waals surface area contributed by atoms with Crippen LogP contribution >= 0.6 is 11.6 Å². The van der Waals surface area contributed by atoms with Crippen molar-refractivity contribution in [1.82, 2.24) is 10.2 Å². The van der Waals surface area contributed by atoms with E-state index in [0.717, 1.165) is 36.8 Å². The van der Waals surface area contributed by atoms with E-state index in [4.69, 9.17) is 11.6 Å². The Morgan fingerprint density at radius 2 is 1.77 bits per heavy atom. The Balaban J connectivity index is 1.27. The number of phenolic OH excluding ortho intramolecular Hbond substituents is 2. The molecule has 2 aliphatic rings. The van der Waals surface area contributed by atoms with Crippen LogP contribution in [0, 0.1) is 5.92 Å². The first-order chi connectivity index (χ1) is 14.9. The van der Waals surface area contributed by atoms with Crippen LogP contribution in [0.5, 0.6) is 11.5 Å². The lowest BCUT2D eigenvalue weighted by molar-refractivity contribution is -0.129. The topological polar surface area (TPSA) is 89.9 Å². The Bertz CT molecular complexity index is 955. The number of hydrogen-bond donors (Lipinski definition) is 3. The molecule has 0 radical (unpaired) electrons. The van der Waals surface area contributed by atoms with Crippen LogP contribution in [-0.2, 0) is 16.1 Å². The molecule has 3 N–H and O–H groups in total. The van der Waals surface area contributed by atoms with Crippen molar-refractivity contribution in [2.24, 2.45) is 5.92 Å². The summed E-state index contributed by atoms with van der Waals surface area (Å²) >= 11 is 5.92. The van der Waals surface area contributed by atoms with Crippen molar-refractivity contribution < 1.29 is 19.8 Å². The number of aromatic hydroxyl groups is 2. The number of amides is 2. The molecule has 1 aliphatic carbocycles. The molecule has 0 spiro atoms. The zero-order valence-electron chi connectivity index (χ0n) is 17.3. The minimum absolute atomic E-state index is 0.00149. The fourth-order valence-electron chi connectivity index (χ4n) is 4.66. The standard InChI is InChI=1S/C24H27ClN2O4/c25-18-5-1-15(2-6-18)13-27-14-17(11-23(27)30)24(31)26-19-7-3-16(4-8-19)21-10-9-20(28)12-22(21)29/h1-2,5-6,9-10,12,16-17,19,28-29H,3-4,7-8,11,13-14H2,(H,26,31). The molecule has 1 unspecified atom stereocenters. The van der Waals surface area contributed by atoms with E-state index < -0.39 is 0 Å². The summed E-state index contributed by atoms with van der Waals surface area (Å²) in [6, 6.07) is 12.2. The Labute approximate surface area is 186 Å². The van der Waals surface area contributed by atoms with E-state index >= 15 is 0 Å². The quantitative estimate of drug-likeness (QED) is 0.654. The largest absolute Gasteiger partial charge is 0.508 e. The molecular weight excluding hydrogens is 416 g/mol. The normalized spacial score (nSPS) is 23.7. The highest BCUT2D eigenvalue weighted by Crippen LogP contribution is 2.38. The molecule has 0 bridgehead atoms. The highest BCUT2D eigenvalue weighted by molar-refractivity contribution is 6.30. The molecule has 0 aromatic heterocycles. The summed E-state index contributed by atoms with van der Waals surface area (Å²) in [7, 11) is 0. The molecule has 31 heavy (non-hydrogen) atoms. The zero-order chi connectivity index (χ0) is 22.0. The highest BCUT2D eigenvalue weighted by atomic mass is 35.5. The van der Waals surface area contributed by atoms with Crippen LogP contribution in [0.15, 0.2) is 42.5 Å². The van der Waals surface area contributed by atoms with Gasteiger partial charge in [0.05, 0.1) is 5.92 Å². The van der Waals surface area contributed by atoms with Gasteiger partial charge in [-0.05, 0) is 60.9 Å². The van der Waals surface area contributed by atoms with E-state index in [2.05, 4.69) is 5.32 Å². The van der Waals surface area contributed by atoms with Gasteiger partial charge in [0.1, 0.15) is 11.5 Å². The van der Waals surface area contributed by atoms with Gasteiger partial charge >= 0.3 is 0 Å². The Morgan fingerprint density at radius 3 is 2.45 bits per heavy atom. The lowest BCUT2D eigenvalue weighted by Gasteiger charge is -2.30. The molecule has 4 rings (SSSR count). The van der Waals surface area contributed by atoms with Gasteiger partial charge in [-0.25, -0.2) is 0 Å². The highest BCUT2D eigenvalue weighted by Gasteiger charge is 2.35. The van der Waals surface area contributed by atoms with E-state index in [1.165, 1.54) is 6.07 Å². The fraction of sp³-hybridized carbons (Fsp3) is 0.417. The molecule has 1 saturated heterocycles. The summed E-state index contributed by atoms with van der Waals surface area (Å²) in [5, 5.41) is 23.4. The average molecular weight is 443 g/mol. The van der Waals surface area contributed by atoms with Gasteiger partial charge < -0.3 is 20.4 Å². The summed E-state index contributed by atoms with van der Waals surface area (Å²) in [4.78, 5) is 26.9. The zero-order valence-corrected chi connectivity index (χ0v) is 18.0. The van der Waals surface area contributed by atoms with E-state index in [0.29, 0.717) is 18.1 Å². The van der Waals surface area contributed by atoms with Crippen molar-refractivity contribution in [3.63, 3.8) is 0 Å². The summed E-state index contributed by atoms with van der Waals surface area (Å²) in [5.74, 6) is 0.0241. The number of likely N-dealkylation sites (tertiary alicyclic amines) is 1. The van der Waals surface area contributed by atoms with Crippen molar-refractivity contribution in [3.05, 3.63) is 58.6 Å². The first-order valence-corrected chi connectivity index (χ1v) is 11.1. The number of carbonyl (C=O) groups excluding carboxylic acids is 2. The van der Waals surface area contributed by atoms with E-state index in [1.807, 2.05) is 12.1 Å². The van der Waals surface area contributed by atoms with Crippen molar-refractivity contribution in [2.75, 3.05) is 6.54 Å². The van der Waals surface area contributed by atoms with Crippen LogP contribution in [-0.4, -0.2) is 39.5 Å². The number of phenols is 2. The number of halogens is 1. The predicted octanol–water partition coefficient (Wildman–Crippen LogP) is 3.94. The molecule has 1 atom stereocenters. The summed E-state index contributed by atoms with van der Waals surface area (Å²) in [5.41, 5.74) is 1.84. The summed E-state index contributed by atoms with van der Waals surface area (Å²) in [6.07, 6.45) is 3.61. The molecule has 2 fully saturated rings. The van der Waals surface area contributed by atoms with E-state index in [1.54, 1.807) is 29.2 Å². The second-order valence-corrected chi connectivity index (χ2v) is 9.04. The number of carbonyl (C=O) groups is 2. The number of hydrogen-bond acceptors (Lipinski definition) is 4. The van der Waals surface area contributed by atoms with Gasteiger partial charge in [-0.1, -0.05) is 29.8 Å². The third kappa shape index (κ3) is 5.13. The fourth-order valence-corrected chi connectivity index (χ4v) is 4.78. The van der Waals surface area contributed by atoms with Crippen molar-refractivity contribution in [1.29, 1.82) is 0 Å². The van der Waals surface area contributed by atoms with Gasteiger partial charge in [-0.3, -0.25) is 9.59 Å². The average Bonchev–Trinajstić information content (AvgIpc) is 3.11. The van der Waals surface area contributed by atoms with Crippen molar-refractivity contribution in [3.8, 4) is 11.5 Å². The SMILES string of the molecule is O=C(NC1CCC(c2ccc(O)cc2O)CC1)C1CC(=O)N(Cc2ccc(Cl)cc2)C1. The molecule has 1 saturated carbocycles. The van der Waals surface area contributed by atoms with Crippen LogP contribution in [0.3, 0.4) is 0 Å². The van der Waals surface area contributed by atoms with Gasteiger partial charge in [0.25, 0.3) is 0 Å². The lowest BCUT2D eigenvalue weighted by Crippen LogP contribution is -2.41. The molecule has 6 nitrogen and oxygen atoms in total. The van der Waals surface area contributed by atoms with Crippen molar-refractivity contribution in [2.45, 2.75) is 50.6 Å². The number of benzene rings is 2. The maximum Gasteiger partial charge on any atom is 0.225 e. The Hall–Kier alpha value is -2.73. The molecule has 1 aliphatic heterocycles. The molecule has 164 valence electrons. The van der Waals surface area contributed by atoms with Gasteiger partial charge in [-0.15, -0.1) is 0 Å². The van der Waals surface area contributed by atoms with E-state index in [-0.39, 0.29) is 47.6 Å². The first kappa shape index (κ1) is 21.5. The summed E-state index contributed by atoms with van der Waals surface area (Å²) in [6.45, 7) is 0.922. The third-order valence-corrected chi connectivity index (χ3v) is 6.65. The smallest absolute Gasteiger partial charge is 0.225 e. The second-order valence-electron chi connectivity index (χ2n) is 8.60. The minimum Gasteiger partial charge on any atom is -0.508 e. The van der Waals surface area contributed by atoms with E-state index in [9.17, 15) is 19.8 Å². The number of rotatable bonds is 5. The van der Waals surface area contributed by atoms with Gasteiger partial charge in [-0.2, -0.15) is 0 Å². The van der Waals surface area contributed by atoms with Gasteiger partial charge in [0.15, 0.2) is 0 Å². The third-order valence-electron chi connectivity index (χ3n) is 6.40. The second kappa shape index (κ2) is 9.18. The maximum atomic E-state index is 12.8. The first-order valence-electron chi connectivity index (χ1n) is 10.7. The molecule has 7 heteroatoms. The molecular formula is C24H27ClN2O4. The minimum atomic E-state index is -0.321. The number of nitrogens with one attached hydrogen (secondary N) is 1. The van der Waals surface area contributed by atoms with Crippen LogP contribution in [0.1, 0.15) is 49.1 Å². The van der Waals surface area contributed by atoms with Gasteiger partial charge in [0.2, 0.25) is 11.8 Å². The lowest BCUT2D eigenvalue weighted by atomic mass is 9.81. The molecule has 2 aromatic rings. The molecule has 2 amide bonds. The summed E-state index contributed by atoms with van der Waals surface area (Å²) < 4.78 is 0.